The van der Waals surface area contributed by atoms with Gasteiger partial charge >= 0.3 is 0 Å². The highest BCUT2D eigenvalue weighted by atomic mass is 79.9. The monoisotopic (exact) mass is 755 g/mol. The zero-order valence-corrected chi connectivity index (χ0v) is 29.8. The van der Waals surface area contributed by atoms with Crippen LogP contribution in [0.5, 0.6) is 0 Å². The van der Waals surface area contributed by atoms with E-state index >= 15 is 0 Å². The maximum Gasteiger partial charge on any atom is 0.264 e. The number of hydrogen-bond acceptors (Lipinski definition) is 4. The molecule has 1 N–H and O–H groups in total. The molecule has 246 valence electrons. The van der Waals surface area contributed by atoms with Crippen molar-refractivity contribution in [1.29, 1.82) is 0 Å². The van der Waals surface area contributed by atoms with Crippen LogP contribution in [0, 0.1) is 6.92 Å². The maximum absolute atomic E-state index is 14.7. The molecule has 7 nitrogen and oxygen atoms in total. The number of carbonyl (C=O) groups excluding carboxylic acids is 2. The first-order chi connectivity index (χ1) is 22.5. The number of sulfonamides is 1. The maximum atomic E-state index is 14.7. The van der Waals surface area contributed by atoms with Crippen molar-refractivity contribution in [3.05, 3.63) is 128 Å². The fraction of sp³-hybridized carbons (Fsp3) is 0.278. The Hall–Kier alpha value is -3.37. The second-order valence-corrected chi connectivity index (χ2v) is 15.4. The lowest BCUT2D eigenvalue weighted by Crippen LogP contribution is -2.54. The molecule has 0 radical (unpaired) electrons. The lowest BCUT2D eigenvalue weighted by atomic mass is 10.0. The van der Waals surface area contributed by atoms with Gasteiger partial charge in [0, 0.05) is 33.5 Å². The normalized spacial score (nSPS) is 14.0. The number of halogens is 3. The van der Waals surface area contributed by atoms with Gasteiger partial charge in [0.1, 0.15) is 12.6 Å². The number of nitrogens with one attached hydrogen (secondary N) is 1. The molecule has 0 bridgehead atoms. The van der Waals surface area contributed by atoms with Crippen molar-refractivity contribution < 1.29 is 18.0 Å². The molecule has 11 heteroatoms. The van der Waals surface area contributed by atoms with E-state index in [0.29, 0.717) is 25.8 Å². The fourth-order valence-electron chi connectivity index (χ4n) is 5.75. The number of aryl methyl sites for hydroxylation is 1. The highest BCUT2D eigenvalue weighted by molar-refractivity contribution is 9.10. The molecular weight excluding hydrogens is 721 g/mol. The molecular formula is C36H36BrCl2N3O4S. The van der Waals surface area contributed by atoms with Gasteiger partial charge < -0.3 is 10.2 Å². The third-order valence-corrected chi connectivity index (χ3v) is 11.2. The summed E-state index contributed by atoms with van der Waals surface area (Å²) in [5, 5.41) is 3.94. The van der Waals surface area contributed by atoms with Crippen molar-refractivity contribution in [2.24, 2.45) is 0 Å². The van der Waals surface area contributed by atoms with Crippen molar-refractivity contribution >= 4 is 66.7 Å². The minimum absolute atomic E-state index is 0.0110. The summed E-state index contributed by atoms with van der Waals surface area (Å²) in [5.41, 5.74) is 2.63. The van der Waals surface area contributed by atoms with Gasteiger partial charge in [-0.05, 0) is 73.4 Å². The number of hydrogen-bond donors (Lipinski definition) is 1. The van der Waals surface area contributed by atoms with E-state index in [4.69, 9.17) is 23.2 Å². The van der Waals surface area contributed by atoms with E-state index in [1.54, 1.807) is 54.6 Å². The van der Waals surface area contributed by atoms with Crippen LogP contribution < -0.4 is 9.62 Å². The van der Waals surface area contributed by atoms with Gasteiger partial charge in [-0.25, -0.2) is 8.42 Å². The molecule has 1 fully saturated rings. The molecule has 0 spiro atoms. The van der Waals surface area contributed by atoms with Gasteiger partial charge in [0.15, 0.2) is 0 Å². The van der Waals surface area contributed by atoms with E-state index in [-0.39, 0.29) is 29.8 Å². The van der Waals surface area contributed by atoms with Gasteiger partial charge in [0.2, 0.25) is 11.8 Å². The summed E-state index contributed by atoms with van der Waals surface area (Å²) in [7, 11) is -4.21. The third kappa shape index (κ3) is 8.96. The smallest absolute Gasteiger partial charge is 0.264 e. The molecule has 1 aliphatic carbocycles. The average molecular weight is 758 g/mol. The minimum atomic E-state index is -4.21. The summed E-state index contributed by atoms with van der Waals surface area (Å²) in [6.45, 7) is 1.27. The molecule has 1 aliphatic rings. The number of amides is 2. The standard InChI is InChI=1S/C36H36BrCl2N3O4S/c1-25-14-18-32(19-15-25)47(45,46)42(31-13-7-10-28(37)21-31)24-35(43)41(23-27-16-17-29(38)22-33(27)39)34(20-26-8-3-2-4-9-26)36(44)40-30-11-5-6-12-30/h2-4,7-10,13-19,21-22,30,34H,5-6,11-12,20,23-24H2,1H3,(H,40,44)/t34-/m1/s1. The van der Waals surface area contributed by atoms with Crippen LogP contribution in [0.3, 0.4) is 0 Å². The Kier molecular flexibility index (Phi) is 11.7. The average Bonchev–Trinajstić information content (AvgIpc) is 3.56. The van der Waals surface area contributed by atoms with Crippen LogP contribution in [-0.2, 0) is 32.6 Å². The molecule has 0 unspecified atom stereocenters. The van der Waals surface area contributed by atoms with Gasteiger partial charge in [-0.3, -0.25) is 13.9 Å². The lowest BCUT2D eigenvalue weighted by molar-refractivity contribution is -0.140. The van der Waals surface area contributed by atoms with E-state index in [9.17, 15) is 18.0 Å². The Labute approximate surface area is 295 Å². The summed E-state index contributed by atoms with van der Waals surface area (Å²) in [6.07, 6.45) is 4.00. The largest absolute Gasteiger partial charge is 0.352 e. The lowest BCUT2D eigenvalue weighted by Gasteiger charge is -2.34. The van der Waals surface area contributed by atoms with Gasteiger partial charge in [-0.1, -0.05) is 112 Å². The van der Waals surface area contributed by atoms with Crippen molar-refractivity contribution in [2.45, 2.75) is 62.6 Å². The summed E-state index contributed by atoms with van der Waals surface area (Å²) in [6, 6.07) is 26.7. The highest BCUT2D eigenvalue weighted by Gasteiger charge is 2.36. The Morgan fingerprint density at radius 3 is 2.28 bits per heavy atom. The molecule has 0 heterocycles. The van der Waals surface area contributed by atoms with E-state index in [1.807, 2.05) is 37.3 Å². The molecule has 1 atom stereocenters. The Balaban J connectivity index is 1.58. The Morgan fingerprint density at radius 2 is 1.62 bits per heavy atom. The predicted molar refractivity (Wildman–Crippen MR) is 191 cm³/mol. The molecule has 2 amide bonds. The molecule has 0 aliphatic heterocycles. The minimum Gasteiger partial charge on any atom is -0.352 e. The molecule has 4 aromatic rings. The summed E-state index contributed by atoms with van der Waals surface area (Å²) < 4.78 is 30.2. The Morgan fingerprint density at radius 1 is 0.915 bits per heavy atom. The van der Waals surface area contributed by atoms with Crippen LogP contribution in [0.1, 0.15) is 42.4 Å². The number of carbonyl (C=O) groups is 2. The van der Waals surface area contributed by atoms with Crippen LogP contribution in [0.4, 0.5) is 5.69 Å². The zero-order valence-electron chi connectivity index (χ0n) is 25.9. The van der Waals surface area contributed by atoms with Gasteiger partial charge in [-0.15, -0.1) is 0 Å². The first-order valence-electron chi connectivity index (χ1n) is 15.4. The van der Waals surface area contributed by atoms with E-state index < -0.39 is 28.5 Å². The Bertz CT molecular complexity index is 1820. The number of nitrogens with zero attached hydrogens (tertiary/aromatic N) is 2. The van der Waals surface area contributed by atoms with Crippen LogP contribution in [-0.4, -0.2) is 43.8 Å². The zero-order chi connectivity index (χ0) is 33.6. The number of anilines is 1. The third-order valence-electron chi connectivity index (χ3n) is 8.31. The molecule has 0 aromatic heterocycles. The van der Waals surface area contributed by atoms with Crippen LogP contribution >= 0.6 is 39.1 Å². The molecule has 47 heavy (non-hydrogen) atoms. The van der Waals surface area contributed by atoms with Crippen molar-refractivity contribution in [3.8, 4) is 0 Å². The predicted octanol–water partition coefficient (Wildman–Crippen LogP) is 7.96. The second kappa shape index (κ2) is 15.7. The SMILES string of the molecule is Cc1ccc(S(=O)(=O)N(CC(=O)N(Cc2ccc(Cl)cc2Cl)[C@H](Cc2ccccc2)C(=O)NC2CCCC2)c2cccc(Br)c2)cc1. The number of rotatable bonds is 12. The first-order valence-corrected chi connectivity index (χ1v) is 18.4. The van der Waals surface area contributed by atoms with Crippen LogP contribution in [0.2, 0.25) is 10.0 Å². The van der Waals surface area contributed by atoms with Crippen molar-refractivity contribution in [3.63, 3.8) is 0 Å². The quantitative estimate of drug-likeness (QED) is 0.159. The van der Waals surface area contributed by atoms with Crippen molar-refractivity contribution in [1.82, 2.24) is 10.2 Å². The topological polar surface area (TPSA) is 86.8 Å². The van der Waals surface area contributed by atoms with Crippen molar-refractivity contribution in [2.75, 3.05) is 10.8 Å². The summed E-state index contributed by atoms with van der Waals surface area (Å²) in [4.78, 5) is 30.3. The first kappa shape index (κ1) is 35.0. The van der Waals surface area contributed by atoms with E-state index in [0.717, 1.165) is 41.1 Å². The fourth-order valence-corrected chi connectivity index (χ4v) is 8.01. The molecule has 5 rings (SSSR count). The van der Waals surface area contributed by atoms with Gasteiger partial charge in [0.05, 0.1) is 10.6 Å². The molecule has 0 saturated heterocycles. The summed E-state index contributed by atoms with van der Waals surface area (Å²) in [5.74, 6) is -0.858. The second-order valence-electron chi connectivity index (χ2n) is 11.8. The summed E-state index contributed by atoms with van der Waals surface area (Å²) >= 11 is 16.2. The van der Waals surface area contributed by atoms with Crippen LogP contribution in [0.15, 0.2) is 106 Å². The van der Waals surface area contributed by atoms with Gasteiger partial charge in [-0.2, -0.15) is 0 Å². The highest BCUT2D eigenvalue weighted by Crippen LogP contribution is 2.29. The van der Waals surface area contributed by atoms with E-state index in [2.05, 4.69) is 21.2 Å². The molecule has 1 saturated carbocycles. The van der Waals surface area contributed by atoms with Crippen LogP contribution in [0.25, 0.3) is 0 Å². The van der Waals surface area contributed by atoms with E-state index in [1.165, 1.54) is 17.0 Å². The molecule has 4 aromatic carbocycles. The van der Waals surface area contributed by atoms with Gasteiger partial charge in [0.25, 0.3) is 10.0 Å². The number of benzene rings is 4.